The van der Waals surface area contributed by atoms with E-state index in [-0.39, 0.29) is 0 Å². The van der Waals surface area contributed by atoms with Gasteiger partial charge in [-0.05, 0) is 102 Å². The summed E-state index contributed by atoms with van der Waals surface area (Å²) in [6.07, 6.45) is 61.5. The van der Waals surface area contributed by atoms with Crippen LogP contribution >= 0.6 is 14.1 Å². The second kappa shape index (κ2) is 39.4. The first-order valence-corrected chi connectivity index (χ1v) is 29.1. The molecule has 0 aromatic rings. The Morgan fingerprint density at radius 1 is 0.280 bits per heavy atom. The summed E-state index contributed by atoms with van der Waals surface area (Å²) in [7, 11) is -0.736. The first-order chi connectivity index (χ1) is 24.6. The van der Waals surface area contributed by atoms with Crippen molar-refractivity contribution in [3.63, 3.8) is 0 Å². The van der Waals surface area contributed by atoms with Crippen molar-refractivity contribution in [3.05, 3.63) is 0 Å². The monoisotopic (exact) mass is 740 g/mol. The Morgan fingerprint density at radius 2 is 0.520 bits per heavy atom. The average Bonchev–Trinajstić information content (AvgIpc) is 3.13. The third-order valence-corrected chi connectivity index (χ3v) is 21.9. The van der Waals surface area contributed by atoms with E-state index in [4.69, 9.17) is 0 Å². The lowest BCUT2D eigenvalue weighted by Crippen LogP contribution is -2.13. The van der Waals surface area contributed by atoms with Gasteiger partial charge in [-0.1, -0.05) is 182 Å². The SMILES string of the molecule is CCCCCC=P(CCCCCC)(CCCCCC)CCCCCCCCCCCC[P+](CCCCCC)(CCCCCC)CCCCCC. The van der Waals surface area contributed by atoms with Crippen molar-refractivity contribution in [3.8, 4) is 0 Å². The summed E-state index contributed by atoms with van der Waals surface area (Å²) in [5.41, 5.74) is 0. The Bertz CT molecular complexity index is 649. The summed E-state index contributed by atoms with van der Waals surface area (Å²) in [5.74, 6) is 2.98. The van der Waals surface area contributed by atoms with Crippen LogP contribution in [0.1, 0.15) is 260 Å². The molecule has 0 bridgehead atoms. The second-order valence-electron chi connectivity index (χ2n) is 17.1. The Kier molecular flexibility index (Phi) is 40.0. The first-order valence-electron chi connectivity index (χ1n) is 24.1. The molecule has 0 aliphatic heterocycles. The van der Waals surface area contributed by atoms with Crippen molar-refractivity contribution in [1.29, 1.82) is 0 Å². The number of hydrogen-bond acceptors (Lipinski definition) is 0. The second-order valence-corrected chi connectivity index (χ2v) is 25.8. The van der Waals surface area contributed by atoms with Crippen LogP contribution in [0.25, 0.3) is 0 Å². The van der Waals surface area contributed by atoms with Crippen LogP contribution in [0.3, 0.4) is 0 Å². The van der Waals surface area contributed by atoms with Crippen molar-refractivity contribution in [2.75, 3.05) is 43.1 Å². The van der Waals surface area contributed by atoms with E-state index in [0.717, 1.165) is 0 Å². The summed E-state index contributed by atoms with van der Waals surface area (Å²) in [5, 5.41) is 0. The molecule has 0 N–H and O–H groups in total. The molecular weight excluding hydrogens is 638 g/mol. The van der Waals surface area contributed by atoms with E-state index < -0.39 is 14.1 Å². The van der Waals surface area contributed by atoms with Gasteiger partial charge in [-0.3, -0.25) is 0 Å². The molecule has 0 aliphatic carbocycles. The summed E-state index contributed by atoms with van der Waals surface area (Å²) in [6, 6.07) is 0. The Morgan fingerprint density at radius 3 is 0.840 bits per heavy atom. The number of hydrogen-bond donors (Lipinski definition) is 0. The molecule has 0 heterocycles. The Hall–Kier alpha value is 0.730. The van der Waals surface area contributed by atoms with E-state index in [1.807, 2.05) is 0 Å². The lowest BCUT2D eigenvalue weighted by atomic mass is 10.1. The molecule has 0 saturated carbocycles. The topological polar surface area (TPSA) is 0 Å². The van der Waals surface area contributed by atoms with Crippen molar-refractivity contribution < 1.29 is 0 Å². The molecule has 50 heavy (non-hydrogen) atoms. The first kappa shape index (κ1) is 50.7. The number of rotatable bonds is 42. The third kappa shape index (κ3) is 31.1. The predicted molar refractivity (Wildman–Crippen MR) is 245 cm³/mol. The van der Waals surface area contributed by atoms with Gasteiger partial charge in [0, 0.05) is 7.26 Å². The molecule has 0 unspecified atom stereocenters. The Balaban J connectivity index is 4.68. The van der Waals surface area contributed by atoms with Gasteiger partial charge < -0.3 is 0 Å². The minimum absolute atomic E-state index is 0.736. The molecular formula is C48H101P2+. The van der Waals surface area contributed by atoms with Crippen LogP contribution in [0.5, 0.6) is 0 Å². The fourth-order valence-electron chi connectivity index (χ4n) is 8.66. The Labute approximate surface area is 321 Å². The van der Waals surface area contributed by atoms with Crippen LogP contribution in [-0.2, 0) is 0 Å². The van der Waals surface area contributed by atoms with Gasteiger partial charge in [0.25, 0.3) is 0 Å². The quantitative estimate of drug-likeness (QED) is 0.0432. The molecule has 2 heteroatoms. The maximum Gasteiger partial charge on any atom is 0.0594 e. The van der Waals surface area contributed by atoms with Gasteiger partial charge in [0.15, 0.2) is 0 Å². The van der Waals surface area contributed by atoms with Crippen molar-refractivity contribution in [2.45, 2.75) is 260 Å². The summed E-state index contributed by atoms with van der Waals surface area (Å²) in [6.45, 7) is 13.4. The van der Waals surface area contributed by atoms with Gasteiger partial charge in [0.1, 0.15) is 0 Å². The van der Waals surface area contributed by atoms with Crippen molar-refractivity contribution in [1.82, 2.24) is 0 Å². The third-order valence-electron chi connectivity index (χ3n) is 12.2. The summed E-state index contributed by atoms with van der Waals surface area (Å²) >= 11 is 0. The molecule has 0 rings (SSSR count). The van der Waals surface area contributed by atoms with Gasteiger partial charge in [-0.2, -0.15) is 0 Å². The average molecular weight is 740 g/mol. The van der Waals surface area contributed by atoms with Crippen LogP contribution in [0.15, 0.2) is 0 Å². The van der Waals surface area contributed by atoms with Crippen molar-refractivity contribution in [2.24, 2.45) is 0 Å². The van der Waals surface area contributed by atoms with Gasteiger partial charge >= 0.3 is 0 Å². The minimum atomic E-state index is -0.859. The number of unbranched alkanes of at least 4 members (excludes halogenated alkanes) is 27. The molecule has 0 aromatic carbocycles. The summed E-state index contributed by atoms with van der Waals surface area (Å²) < 4.78 is 0. The van der Waals surface area contributed by atoms with E-state index in [9.17, 15) is 0 Å². The highest BCUT2D eigenvalue weighted by molar-refractivity contribution is 7.76. The molecule has 0 spiro atoms. The van der Waals surface area contributed by atoms with Crippen LogP contribution < -0.4 is 0 Å². The molecule has 302 valence electrons. The highest BCUT2D eigenvalue weighted by Gasteiger charge is 2.35. The molecule has 0 radical (unpaired) electrons. The molecule has 0 aliphatic rings. The highest BCUT2D eigenvalue weighted by Crippen LogP contribution is 2.61. The largest absolute Gasteiger partial charge is 0.109 e. The van der Waals surface area contributed by atoms with E-state index in [2.05, 4.69) is 47.3 Å². The fraction of sp³-hybridized carbons (Fsp3) is 0.979. The van der Waals surface area contributed by atoms with E-state index in [1.54, 1.807) is 68.8 Å². The molecule has 0 saturated heterocycles. The zero-order valence-electron chi connectivity index (χ0n) is 36.5. The summed E-state index contributed by atoms with van der Waals surface area (Å²) in [4.78, 5) is 0. The van der Waals surface area contributed by atoms with E-state index in [0.29, 0.717) is 0 Å². The van der Waals surface area contributed by atoms with Gasteiger partial charge in [-0.15, -0.1) is 6.89 Å². The smallest absolute Gasteiger partial charge is 0.0594 e. The van der Waals surface area contributed by atoms with Crippen LogP contribution in [0.2, 0.25) is 0 Å². The lowest BCUT2D eigenvalue weighted by molar-refractivity contribution is 0.562. The molecule has 0 nitrogen and oxygen atoms in total. The molecule has 0 aromatic heterocycles. The predicted octanol–water partition coefficient (Wildman–Crippen LogP) is 18.2. The van der Waals surface area contributed by atoms with Gasteiger partial charge in [-0.25, -0.2) is 0 Å². The maximum atomic E-state index is 2.98. The van der Waals surface area contributed by atoms with Crippen LogP contribution in [0.4, 0.5) is 0 Å². The maximum absolute atomic E-state index is 2.98. The normalized spacial score (nSPS) is 12.3. The van der Waals surface area contributed by atoms with Gasteiger partial charge in [0.2, 0.25) is 0 Å². The van der Waals surface area contributed by atoms with E-state index >= 15 is 0 Å². The molecule has 0 fully saturated rings. The fourth-order valence-corrected chi connectivity index (χ4v) is 18.1. The molecule has 0 atom stereocenters. The highest BCUT2D eigenvalue weighted by atomic mass is 31.2. The standard InChI is InChI=1S/C48H101P2/c1-7-13-19-33-41-49(42-34-20-14-8-2,43-35-21-15-9-3)47-39-31-29-27-25-26-28-30-32-40-48-50(44-36-22-16-10-4,45-37-23-17-11-5)46-38-24-18-12-6/h41H,7-40,42-48H2,1-6H3/q+1. The van der Waals surface area contributed by atoms with Crippen LogP contribution in [0, 0.1) is 0 Å². The minimum Gasteiger partial charge on any atom is -0.109 e. The zero-order valence-corrected chi connectivity index (χ0v) is 38.3. The lowest BCUT2D eigenvalue weighted by Gasteiger charge is -2.28. The van der Waals surface area contributed by atoms with Crippen LogP contribution in [-0.4, -0.2) is 48.9 Å². The zero-order chi connectivity index (χ0) is 36.7. The molecule has 0 amide bonds. The van der Waals surface area contributed by atoms with Gasteiger partial charge in [0.05, 0.1) is 24.6 Å². The van der Waals surface area contributed by atoms with E-state index in [1.165, 1.54) is 193 Å². The van der Waals surface area contributed by atoms with Crippen molar-refractivity contribution >= 4 is 19.9 Å².